The van der Waals surface area contributed by atoms with Crippen LogP contribution >= 0.6 is 33.5 Å². The van der Waals surface area contributed by atoms with Crippen molar-refractivity contribution in [3.8, 4) is 5.75 Å². The van der Waals surface area contributed by atoms with Crippen LogP contribution in [0.4, 0.5) is 0 Å². The molecule has 146 valence electrons. The van der Waals surface area contributed by atoms with Gasteiger partial charge in [0.2, 0.25) is 5.76 Å². The monoisotopic (exact) mass is 514 g/mol. The smallest absolute Gasteiger partial charge is 0.379 e. The van der Waals surface area contributed by atoms with Gasteiger partial charge in [0.15, 0.2) is 3.77 Å². The summed E-state index contributed by atoms with van der Waals surface area (Å²) in [7, 11) is -0.684. The molecule has 0 atom stereocenters. The molecule has 0 fully saturated rings. The number of halogens is 1. The SMILES string of the molecule is Cc1cc(I)oc1C(=O)Oc1ccc([SH](c2ccccc2)c2ccccc2)cc1. The van der Waals surface area contributed by atoms with Crippen molar-refractivity contribution in [1.82, 2.24) is 0 Å². The van der Waals surface area contributed by atoms with Crippen molar-refractivity contribution in [2.45, 2.75) is 21.6 Å². The van der Waals surface area contributed by atoms with Crippen LogP contribution < -0.4 is 4.74 Å². The van der Waals surface area contributed by atoms with Gasteiger partial charge in [0.25, 0.3) is 0 Å². The van der Waals surface area contributed by atoms with E-state index >= 15 is 0 Å². The number of hydrogen-bond donors (Lipinski definition) is 1. The van der Waals surface area contributed by atoms with Gasteiger partial charge in [-0.25, -0.2) is 4.79 Å². The molecule has 0 amide bonds. The fourth-order valence-electron chi connectivity index (χ4n) is 3.06. The first kappa shape index (κ1) is 19.8. The predicted octanol–water partition coefficient (Wildman–Crippen LogP) is 6.89. The summed E-state index contributed by atoms with van der Waals surface area (Å²) in [5, 5.41) is 0. The molecule has 3 aromatic carbocycles. The van der Waals surface area contributed by atoms with Crippen LogP contribution in [0.5, 0.6) is 5.75 Å². The third-order valence-electron chi connectivity index (χ3n) is 4.41. The zero-order chi connectivity index (χ0) is 20.2. The van der Waals surface area contributed by atoms with Gasteiger partial charge < -0.3 is 9.15 Å². The van der Waals surface area contributed by atoms with E-state index in [2.05, 4.69) is 48.5 Å². The van der Waals surface area contributed by atoms with Gasteiger partial charge in [0.05, 0.1) is 0 Å². The molecule has 0 aliphatic heterocycles. The molecule has 0 aliphatic rings. The minimum Gasteiger partial charge on any atom is -0.443 e. The Bertz CT molecular complexity index is 1070. The molecule has 3 nitrogen and oxygen atoms in total. The molecule has 29 heavy (non-hydrogen) atoms. The van der Waals surface area contributed by atoms with Crippen LogP contribution in [0, 0.1) is 10.7 Å². The number of hydrogen-bond acceptors (Lipinski definition) is 3. The van der Waals surface area contributed by atoms with Crippen LogP contribution in [-0.2, 0) is 0 Å². The molecular weight excluding hydrogens is 495 g/mol. The molecule has 0 spiro atoms. The molecule has 1 heterocycles. The summed E-state index contributed by atoms with van der Waals surface area (Å²) < 4.78 is 11.6. The van der Waals surface area contributed by atoms with E-state index in [1.54, 1.807) is 0 Å². The number of carbonyl (C=O) groups is 1. The molecule has 0 N–H and O–H groups in total. The third-order valence-corrected chi connectivity index (χ3v) is 7.38. The molecule has 0 unspecified atom stereocenters. The number of benzene rings is 3. The molecule has 4 rings (SSSR count). The predicted molar refractivity (Wildman–Crippen MR) is 124 cm³/mol. The Labute approximate surface area is 186 Å². The van der Waals surface area contributed by atoms with E-state index in [9.17, 15) is 4.79 Å². The lowest BCUT2D eigenvalue weighted by Crippen LogP contribution is -2.08. The zero-order valence-electron chi connectivity index (χ0n) is 15.7. The second kappa shape index (κ2) is 8.88. The highest BCUT2D eigenvalue weighted by Crippen LogP contribution is 2.51. The van der Waals surface area contributed by atoms with Crippen LogP contribution in [0.2, 0.25) is 0 Å². The van der Waals surface area contributed by atoms with E-state index in [-0.39, 0.29) is 5.76 Å². The molecule has 0 bridgehead atoms. The zero-order valence-corrected chi connectivity index (χ0v) is 18.8. The summed E-state index contributed by atoms with van der Waals surface area (Å²) in [6.45, 7) is 1.83. The van der Waals surface area contributed by atoms with Crippen molar-refractivity contribution in [3.05, 3.63) is 106 Å². The minimum absolute atomic E-state index is 0.245. The van der Waals surface area contributed by atoms with Crippen molar-refractivity contribution in [2.75, 3.05) is 0 Å². The van der Waals surface area contributed by atoms with Gasteiger partial charge in [-0.15, -0.1) is 0 Å². The number of esters is 1. The highest BCUT2D eigenvalue weighted by molar-refractivity contribution is 14.1. The number of carbonyl (C=O) groups excluding carboxylic acids is 1. The third kappa shape index (κ3) is 4.57. The number of aryl methyl sites for hydroxylation is 1. The molecule has 0 aliphatic carbocycles. The topological polar surface area (TPSA) is 39.4 Å². The first-order valence-electron chi connectivity index (χ1n) is 9.10. The van der Waals surface area contributed by atoms with Gasteiger partial charge in [0.1, 0.15) is 5.75 Å². The Morgan fingerprint density at radius 1 is 0.828 bits per heavy atom. The normalized spacial score (nSPS) is 11.2. The molecule has 1 aromatic heterocycles. The van der Waals surface area contributed by atoms with Crippen molar-refractivity contribution in [1.29, 1.82) is 0 Å². The maximum absolute atomic E-state index is 12.4. The summed E-state index contributed by atoms with van der Waals surface area (Å²) in [6.07, 6.45) is 0. The number of ether oxygens (including phenoxy) is 1. The lowest BCUT2D eigenvalue weighted by molar-refractivity contribution is 0.0698. The van der Waals surface area contributed by atoms with E-state index < -0.39 is 16.9 Å². The molecular formula is C24H19IO3S. The Hall–Kier alpha value is -2.51. The first-order chi connectivity index (χ1) is 14.1. The maximum atomic E-state index is 12.4. The lowest BCUT2D eigenvalue weighted by Gasteiger charge is -2.23. The highest BCUT2D eigenvalue weighted by atomic mass is 127. The second-order valence-electron chi connectivity index (χ2n) is 6.45. The molecule has 0 saturated heterocycles. The van der Waals surface area contributed by atoms with Crippen molar-refractivity contribution in [2.24, 2.45) is 0 Å². The van der Waals surface area contributed by atoms with E-state index in [1.807, 2.05) is 72.0 Å². The van der Waals surface area contributed by atoms with E-state index in [0.717, 1.165) is 5.56 Å². The average molecular weight is 514 g/mol. The van der Waals surface area contributed by atoms with Gasteiger partial charge in [-0.05, 0) is 98.8 Å². The molecule has 0 radical (unpaired) electrons. The van der Waals surface area contributed by atoms with Gasteiger partial charge in [-0.1, -0.05) is 36.4 Å². The van der Waals surface area contributed by atoms with E-state index in [4.69, 9.17) is 9.15 Å². The molecule has 4 aromatic rings. The van der Waals surface area contributed by atoms with E-state index in [1.165, 1.54) is 14.7 Å². The number of furan rings is 1. The van der Waals surface area contributed by atoms with Crippen LogP contribution in [0.3, 0.4) is 0 Å². The quantitative estimate of drug-likeness (QED) is 0.137. The molecule has 5 heteroatoms. The molecule has 0 saturated carbocycles. The number of rotatable bonds is 5. The van der Waals surface area contributed by atoms with Crippen molar-refractivity contribution < 1.29 is 13.9 Å². The Morgan fingerprint density at radius 2 is 1.34 bits per heavy atom. The summed E-state index contributed by atoms with van der Waals surface area (Å²) in [5.41, 5.74) is 0.771. The highest BCUT2D eigenvalue weighted by Gasteiger charge is 2.18. The maximum Gasteiger partial charge on any atom is 0.379 e. The lowest BCUT2D eigenvalue weighted by atomic mass is 10.3. The van der Waals surface area contributed by atoms with Gasteiger partial charge in [0, 0.05) is 5.56 Å². The van der Waals surface area contributed by atoms with Crippen LogP contribution in [0.1, 0.15) is 16.1 Å². The minimum atomic E-state index is -0.684. The Morgan fingerprint density at radius 3 is 1.83 bits per heavy atom. The Kier molecular flexibility index (Phi) is 6.06. The summed E-state index contributed by atoms with van der Waals surface area (Å²) >= 11 is 2.04. The van der Waals surface area contributed by atoms with Crippen LogP contribution in [0.25, 0.3) is 0 Å². The van der Waals surface area contributed by atoms with Crippen LogP contribution in [-0.4, -0.2) is 5.97 Å². The van der Waals surface area contributed by atoms with Crippen molar-refractivity contribution >= 4 is 39.5 Å². The average Bonchev–Trinajstić information content (AvgIpc) is 3.09. The van der Waals surface area contributed by atoms with Gasteiger partial charge in [-0.3, -0.25) is 0 Å². The fourth-order valence-corrected chi connectivity index (χ4v) is 6.03. The fraction of sp³-hybridized carbons (Fsp3) is 0.0417. The standard InChI is InChI=1S/C24H19IO3S/c1-17-16-22(25)28-23(17)24(26)27-18-12-14-21(15-13-18)29(19-8-4-2-5-9-19)20-10-6-3-7-11-20/h2-16,29H,1H3. The summed E-state index contributed by atoms with van der Waals surface area (Å²) in [6, 6.07) is 30.5. The largest absolute Gasteiger partial charge is 0.443 e. The Balaban J connectivity index is 1.61. The first-order valence-corrected chi connectivity index (χ1v) is 11.5. The van der Waals surface area contributed by atoms with Gasteiger partial charge >= 0.3 is 5.97 Å². The van der Waals surface area contributed by atoms with E-state index in [0.29, 0.717) is 9.52 Å². The van der Waals surface area contributed by atoms with Gasteiger partial charge in [-0.2, -0.15) is 10.9 Å². The van der Waals surface area contributed by atoms with Crippen molar-refractivity contribution in [3.63, 3.8) is 0 Å². The second-order valence-corrected chi connectivity index (χ2v) is 9.74. The van der Waals surface area contributed by atoms with Crippen LogP contribution in [0.15, 0.2) is 110 Å². The summed E-state index contributed by atoms with van der Waals surface area (Å²) in [4.78, 5) is 16.1. The summed E-state index contributed by atoms with van der Waals surface area (Å²) in [5.74, 6) is 0.265. The number of thiol groups is 1.